The fraction of sp³-hybridized carbons (Fsp3) is 0.818. The van der Waals surface area contributed by atoms with Gasteiger partial charge in [0.1, 0.15) is 6.61 Å². The minimum atomic E-state index is -0.790. The predicted molar refractivity (Wildman–Crippen MR) is 63.4 cm³/mol. The zero-order valence-electron chi connectivity index (χ0n) is 10.3. The van der Waals surface area contributed by atoms with Gasteiger partial charge in [0.2, 0.25) is 5.91 Å². The summed E-state index contributed by atoms with van der Waals surface area (Å²) in [6.45, 7) is 4.14. The van der Waals surface area contributed by atoms with Crippen LogP contribution in [0.4, 0.5) is 4.79 Å². The summed E-state index contributed by atoms with van der Waals surface area (Å²) in [5.41, 5.74) is 4.82. The van der Waals surface area contributed by atoms with E-state index in [1.165, 1.54) is 6.42 Å². The second-order valence-electron chi connectivity index (χ2n) is 4.23. The van der Waals surface area contributed by atoms with Crippen LogP contribution in [0.3, 0.4) is 0 Å². The lowest BCUT2D eigenvalue weighted by Crippen LogP contribution is -2.47. The van der Waals surface area contributed by atoms with Crippen LogP contribution in [-0.2, 0) is 9.53 Å². The monoisotopic (exact) mass is 243 g/mol. The lowest BCUT2D eigenvalue weighted by atomic mass is 10.1. The summed E-state index contributed by atoms with van der Waals surface area (Å²) < 4.78 is 4.57. The van der Waals surface area contributed by atoms with Crippen LogP contribution in [0.25, 0.3) is 0 Å². The zero-order chi connectivity index (χ0) is 12.7. The Morgan fingerprint density at radius 2 is 2.00 bits per heavy atom. The molecule has 2 amide bonds. The molecule has 0 saturated carbocycles. The maximum absolute atomic E-state index is 12.0. The van der Waals surface area contributed by atoms with Crippen LogP contribution in [0.15, 0.2) is 0 Å². The van der Waals surface area contributed by atoms with E-state index in [9.17, 15) is 9.59 Å². The van der Waals surface area contributed by atoms with Crippen molar-refractivity contribution in [3.63, 3.8) is 0 Å². The molecule has 1 fully saturated rings. The first-order valence-corrected chi connectivity index (χ1v) is 6.05. The van der Waals surface area contributed by atoms with Crippen molar-refractivity contribution in [2.45, 2.75) is 32.2 Å². The van der Waals surface area contributed by atoms with Crippen molar-refractivity contribution < 1.29 is 14.3 Å². The van der Waals surface area contributed by atoms with E-state index in [-0.39, 0.29) is 18.6 Å². The highest BCUT2D eigenvalue weighted by Gasteiger charge is 2.21. The molecule has 1 unspecified atom stereocenters. The van der Waals surface area contributed by atoms with E-state index in [4.69, 9.17) is 5.73 Å². The van der Waals surface area contributed by atoms with Crippen molar-refractivity contribution >= 4 is 12.0 Å². The van der Waals surface area contributed by atoms with Crippen LogP contribution in [0.1, 0.15) is 26.2 Å². The number of nitrogens with zero attached hydrogens (tertiary/aromatic N) is 1. The number of carbonyl (C=O) groups is 2. The highest BCUT2D eigenvalue weighted by atomic mass is 16.5. The van der Waals surface area contributed by atoms with E-state index < -0.39 is 6.09 Å². The largest absolute Gasteiger partial charge is 0.448 e. The number of hydrogen-bond acceptors (Lipinski definition) is 4. The number of amides is 2. The third kappa shape index (κ3) is 5.04. The summed E-state index contributed by atoms with van der Waals surface area (Å²) in [5, 5.41) is 3.01. The summed E-state index contributed by atoms with van der Waals surface area (Å²) in [4.78, 5) is 24.2. The first kappa shape index (κ1) is 13.8. The SMILES string of the molecule is CC(NCCOC(N)=O)C(=O)N1CCCCC1. The van der Waals surface area contributed by atoms with E-state index in [2.05, 4.69) is 10.1 Å². The summed E-state index contributed by atoms with van der Waals surface area (Å²) in [7, 11) is 0. The van der Waals surface area contributed by atoms with Crippen molar-refractivity contribution in [3.8, 4) is 0 Å². The molecule has 6 heteroatoms. The third-order valence-corrected chi connectivity index (χ3v) is 2.84. The highest BCUT2D eigenvalue weighted by Crippen LogP contribution is 2.09. The first-order valence-electron chi connectivity index (χ1n) is 6.05. The number of nitrogens with two attached hydrogens (primary N) is 1. The molecule has 1 saturated heterocycles. The summed E-state index contributed by atoms with van der Waals surface area (Å²) >= 11 is 0. The van der Waals surface area contributed by atoms with Crippen molar-refractivity contribution in [2.75, 3.05) is 26.2 Å². The highest BCUT2D eigenvalue weighted by molar-refractivity contribution is 5.81. The Balaban J connectivity index is 2.19. The first-order chi connectivity index (χ1) is 8.11. The normalized spacial score (nSPS) is 17.6. The van der Waals surface area contributed by atoms with E-state index in [0.717, 1.165) is 25.9 Å². The maximum atomic E-state index is 12.0. The Labute approximate surface area is 101 Å². The Kier molecular flexibility index (Phi) is 5.76. The molecule has 0 aliphatic carbocycles. The fourth-order valence-electron chi connectivity index (χ4n) is 1.90. The number of piperidine rings is 1. The number of carbonyl (C=O) groups excluding carboxylic acids is 2. The van der Waals surface area contributed by atoms with Gasteiger partial charge in [-0.05, 0) is 26.2 Å². The maximum Gasteiger partial charge on any atom is 0.404 e. The summed E-state index contributed by atoms with van der Waals surface area (Å²) in [6.07, 6.45) is 2.59. The van der Waals surface area contributed by atoms with Crippen LogP contribution in [0.2, 0.25) is 0 Å². The minimum Gasteiger partial charge on any atom is -0.448 e. The van der Waals surface area contributed by atoms with E-state index in [1.807, 2.05) is 11.8 Å². The van der Waals surface area contributed by atoms with Gasteiger partial charge >= 0.3 is 6.09 Å². The second kappa shape index (κ2) is 7.11. The Hall–Kier alpha value is -1.30. The topological polar surface area (TPSA) is 84.7 Å². The molecule has 3 N–H and O–H groups in total. The molecule has 0 radical (unpaired) electrons. The van der Waals surface area contributed by atoms with Crippen LogP contribution < -0.4 is 11.1 Å². The minimum absolute atomic E-state index is 0.115. The van der Waals surface area contributed by atoms with Gasteiger partial charge in [0.15, 0.2) is 0 Å². The molecule has 98 valence electrons. The van der Waals surface area contributed by atoms with Crippen molar-refractivity contribution in [1.29, 1.82) is 0 Å². The number of rotatable bonds is 5. The van der Waals surface area contributed by atoms with Gasteiger partial charge in [-0.3, -0.25) is 4.79 Å². The molecule has 1 atom stereocenters. The number of ether oxygens (including phenoxy) is 1. The molecular weight excluding hydrogens is 222 g/mol. The average molecular weight is 243 g/mol. The lowest BCUT2D eigenvalue weighted by Gasteiger charge is -2.29. The number of hydrogen-bond donors (Lipinski definition) is 2. The van der Waals surface area contributed by atoms with E-state index in [1.54, 1.807) is 0 Å². The smallest absolute Gasteiger partial charge is 0.404 e. The van der Waals surface area contributed by atoms with Crippen LogP contribution in [-0.4, -0.2) is 49.2 Å². The van der Waals surface area contributed by atoms with Crippen LogP contribution in [0, 0.1) is 0 Å². The second-order valence-corrected chi connectivity index (χ2v) is 4.23. The molecule has 0 aromatic heterocycles. The van der Waals surface area contributed by atoms with Crippen molar-refractivity contribution in [3.05, 3.63) is 0 Å². The van der Waals surface area contributed by atoms with Gasteiger partial charge in [-0.1, -0.05) is 0 Å². The molecule has 6 nitrogen and oxygen atoms in total. The molecule has 1 heterocycles. The third-order valence-electron chi connectivity index (χ3n) is 2.84. The average Bonchev–Trinajstić information content (AvgIpc) is 2.34. The summed E-state index contributed by atoms with van der Waals surface area (Å²) in [5.74, 6) is 0.115. The van der Waals surface area contributed by atoms with E-state index in [0.29, 0.717) is 6.54 Å². The van der Waals surface area contributed by atoms with E-state index >= 15 is 0 Å². The van der Waals surface area contributed by atoms with Crippen LogP contribution in [0.5, 0.6) is 0 Å². The predicted octanol–water partition coefficient (Wildman–Crippen LogP) is 0.0723. The van der Waals surface area contributed by atoms with Gasteiger partial charge in [-0.25, -0.2) is 4.79 Å². The standard InChI is InChI=1S/C11H21N3O3/c1-9(13-5-8-17-11(12)16)10(15)14-6-3-2-4-7-14/h9,13H,2-8H2,1H3,(H2,12,16). The van der Waals surface area contributed by atoms with Gasteiger partial charge in [-0.2, -0.15) is 0 Å². The van der Waals surface area contributed by atoms with Gasteiger partial charge in [-0.15, -0.1) is 0 Å². The zero-order valence-corrected chi connectivity index (χ0v) is 10.3. The quantitative estimate of drug-likeness (QED) is 0.669. The molecule has 0 aromatic rings. The molecule has 1 rings (SSSR count). The Morgan fingerprint density at radius 3 is 2.59 bits per heavy atom. The molecule has 0 spiro atoms. The molecule has 0 bridgehead atoms. The Morgan fingerprint density at radius 1 is 1.35 bits per heavy atom. The van der Waals surface area contributed by atoms with Gasteiger partial charge in [0.05, 0.1) is 6.04 Å². The molecular formula is C11H21N3O3. The van der Waals surface area contributed by atoms with Crippen molar-refractivity contribution in [2.24, 2.45) is 5.73 Å². The molecule has 0 aromatic carbocycles. The number of likely N-dealkylation sites (tertiary alicyclic amines) is 1. The van der Waals surface area contributed by atoms with Gasteiger partial charge in [0.25, 0.3) is 0 Å². The fourth-order valence-corrected chi connectivity index (χ4v) is 1.90. The van der Waals surface area contributed by atoms with Gasteiger partial charge in [0, 0.05) is 19.6 Å². The molecule has 1 aliphatic heterocycles. The number of primary amides is 1. The van der Waals surface area contributed by atoms with Crippen molar-refractivity contribution in [1.82, 2.24) is 10.2 Å². The molecule has 1 aliphatic rings. The summed E-state index contributed by atoms with van der Waals surface area (Å²) in [6, 6.07) is -0.246. The van der Waals surface area contributed by atoms with Crippen LogP contribution >= 0.6 is 0 Å². The lowest BCUT2D eigenvalue weighted by molar-refractivity contribution is -0.133. The van der Waals surface area contributed by atoms with Gasteiger partial charge < -0.3 is 20.7 Å². The Bertz CT molecular complexity index is 265. The molecule has 17 heavy (non-hydrogen) atoms. The number of nitrogens with one attached hydrogen (secondary N) is 1.